The van der Waals surface area contributed by atoms with Crippen LogP contribution in [0.1, 0.15) is 54.2 Å². The number of hydrogen-bond acceptors (Lipinski definition) is 5. The Morgan fingerprint density at radius 2 is 1.28 bits per heavy atom. The molecule has 0 N–H and O–H groups in total. The third-order valence-electron chi connectivity index (χ3n) is 11.2. The maximum Gasteiger partial charge on any atom is 2.00 e. The van der Waals surface area contributed by atoms with Gasteiger partial charge in [-0.05, 0) is 88.8 Å². The van der Waals surface area contributed by atoms with Gasteiger partial charge in [0.05, 0.1) is 11.8 Å². The fourth-order valence-electron chi connectivity index (χ4n) is 7.69. The van der Waals surface area contributed by atoms with Crippen molar-refractivity contribution in [2.75, 3.05) is 0 Å². The van der Waals surface area contributed by atoms with E-state index in [-0.39, 0.29) is 26.5 Å². The Bertz CT molecular complexity index is 2910. The van der Waals surface area contributed by atoms with Gasteiger partial charge in [0, 0.05) is 35.0 Å². The average molecular weight is 982 g/mol. The number of rotatable bonds is 11. The zero-order valence-electron chi connectivity index (χ0n) is 35.1. The predicted octanol–water partition coefficient (Wildman–Crippen LogP) is 12.8. The molecule has 3 heterocycles. The Morgan fingerprint density at radius 1 is 0.639 bits per heavy atom. The van der Waals surface area contributed by atoms with E-state index in [1.807, 2.05) is 83.9 Å². The topological polar surface area (TPSA) is 63.3 Å². The standard InChI is InChI=1S/C53H46N4O3.Pt/c1-35-36(2)51(58-33-38-16-9-7-10-17-38)50(52(37(35)3)59-34-39-18-11-8-12-19-39)40-31-55-56(32-40)42-20-15-21-43(29-42)60-44-24-25-46-45-22-13-14-23-47(45)57(48(46)30-44)49-28-41(26-27-54-49)53(4,5)6;/h7-28,31-32H,33-34H2,1-6H3;/q-2;+2. The summed E-state index contributed by atoms with van der Waals surface area (Å²) in [5.41, 5.74) is 11.0. The van der Waals surface area contributed by atoms with Crippen LogP contribution in [-0.2, 0) is 39.7 Å². The number of aromatic nitrogens is 4. The first kappa shape index (κ1) is 41.3. The molecule has 9 aromatic rings. The summed E-state index contributed by atoms with van der Waals surface area (Å²) in [5.74, 6) is 3.49. The molecule has 0 aliphatic heterocycles. The quantitative estimate of drug-likeness (QED) is 0.121. The third-order valence-corrected chi connectivity index (χ3v) is 11.2. The van der Waals surface area contributed by atoms with Crippen molar-refractivity contribution in [1.82, 2.24) is 19.3 Å². The van der Waals surface area contributed by atoms with E-state index < -0.39 is 0 Å². The molecule has 8 heteroatoms. The molecule has 61 heavy (non-hydrogen) atoms. The summed E-state index contributed by atoms with van der Waals surface area (Å²) >= 11 is 0. The maximum absolute atomic E-state index is 6.69. The number of fused-ring (bicyclic) bond motifs is 3. The van der Waals surface area contributed by atoms with Gasteiger partial charge >= 0.3 is 21.1 Å². The van der Waals surface area contributed by atoms with Crippen LogP contribution < -0.4 is 14.2 Å². The van der Waals surface area contributed by atoms with Crippen molar-refractivity contribution in [2.24, 2.45) is 0 Å². The molecule has 0 saturated carbocycles. The molecular weight excluding hydrogens is 936 g/mol. The van der Waals surface area contributed by atoms with E-state index in [4.69, 9.17) is 24.3 Å². The first-order chi connectivity index (χ1) is 29.1. The summed E-state index contributed by atoms with van der Waals surface area (Å²) in [7, 11) is 0. The smallest absolute Gasteiger partial charge is 0.509 e. The molecule has 0 atom stereocenters. The van der Waals surface area contributed by atoms with Crippen molar-refractivity contribution in [2.45, 2.75) is 60.2 Å². The minimum absolute atomic E-state index is 0. The van der Waals surface area contributed by atoms with Crippen LogP contribution in [0.4, 0.5) is 0 Å². The van der Waals surface area contributed by atoms with E-state index in [1.165, 1.54) is 5.56 Å². The van der Waals surface area contributed by atoms with Gasteiger partial charge in [-0.3, -0.25) is 4.68 Å². The molecule has 0 aliphatic rings. The fraction of sp³-hybridized carbons (Fsp3) is 0.170. The Morgan fingerprint density at radius 3 is 1.95 bits per heavy atom. The van der Waals surface area contributed by atoms with Gasteiger partial charge in [-0.1, -0.05) is 105 Å². The van der Waals surface area contributed by atoms with Crippen LogP contribution in [0.15, 0.2) is 146 Å². The van der Waals surface area contributed by atoms with Gasteiger partial charge in [0.25, 0.3) is 0 Å². The fourth-order valence-corrected chi connectivity index (χ4v) is 7.69. The largest absolute Gasteiger partial charge is 2.00 e. The van der Waals surface area contributed by atoms with Crippen molar-refractivity contribution in [3.05, 3.63) is 191 Å². The SMILES string of the molecule is Cc1c(C)c(OCc2ccccc2)c(-c2cnn(-c3[c-]c(Oc4[c-]c5c(cc4)c4ccccc4n5-c4cc(C(C)(C)C)ccn4)ccc3)c2)c(OCc2ccccc2)c1C.[Pt+2]. The molecule has 3 aromatic heterocycles. The van der Waals surface area contributed by atoms with E-state index in [9.17, 15) is 0 Å². The summed E-state index contributed by atoms with van der Waals surface area (Å²) in [5, 5.41) is 7.05. The van der Waals surface area contributed by atoms with Gasteiger partial charge < -0.3 is 18.8 Å². The molecule has 0 saturated heterocycles. The van der Waals surface area contributed by atoms with E-state index >= 15 is 0 Å². The Kier molecular flexibility index (Phi) is 11.7. The molecular formula is C53H46N4O3Pt. The van der Waals surface area contributed by atoms with Gasteiger partial charge in [0.2, 0.25) is 0 Å². The minimum atomic E-state index is -0.0283. The Labute approximate surface area is 371 Å². The van der Waals surface area contributed by atoms with Crippen LogP contribution in [0.2, 0.25) is 0 Å². The van der Waals surface area contributed by atoms with Gasteiger partial charge in [-0.15, -0.1) is 35.7 Å². The molecule has 0 spiro atoms. The molecule has 0 unspecified atom stereocenters. The Balaban J connectivity index is 0.00000514. The molecule has 306 valence electrons. The van der Waals surface area contributed by atoms with Crippen LogP contribution in [0.25, 0.3) is 44.4 Å². The first-order valence-corrected chi connectivity index (χ1v) is 20.3. The van der Waals surface area contributed by atoms with Crippen molar-refractivity contribution < 1.29 is 35.3 Å². The molecule has 9 rings (SSSR count). The summed E-state index contributed by atoms with van der Waals surface area (Å²) in [6, 6.07) is 50.0. The van der Waals surface area contributed by atoms with E-state index in [1.54, 1.807) is 0 Å². The second kappa shape index (κ2) is 17.3. The minimum Gasteiger partial charge on any atom is -0.509 e. The van der Waals surface area contributed by atoms with Crippen LogP contribution in [0.5, 0.6) is 23.0 Å². The second-order valence-electron chi connectivity index (χ2n) is 16.2. The molecule has 0 radical (unpaired) electrons. The van der Waals surface area contributed by atoms with Crippen molar-refractivity contribution in [3.63, 3.8) is 0 Å². The van der Waals surface area contributed by atoms with Gasteiger partial charge in [-0.25, -0.2) is 4.98 Å². The molecule has 0 bridgehead atoms. The zero-order chi connectivity index (χ0) is 41.4. The molecule has 0 fully saturated rings. The number of pyridine rings is 1. The summed E-state index contributed by atoms with van der Waals surface area (Å²) in [6.45, 7) is 13.8. The van der Waals surface area contributed by atoms with Gasteiger partial charge in [0.1, 0.15) is 30.5 Å². The average Bonchev–Trinajstić information content (AvgIpc) is 3.89. The molecule has 6 aromatic carbocycles. The summed E-state index contributed by atoms with van der Waals surface area (Å²) in [4.78, 5) is 4.82. The monoisotopic (exact) mass is 981 g/mol. The first-order valence-electron chi connectivity index (χ1n) is 20.3. The van der Waals surface area contributed by atoms with E-state index in [2.05, 4.69) is 125 Å². The van der Waals surface area contributed by atoms with Crippen molar-refractivity contribution in [3.8, 4) is 45.6 Å². The van der Waals surface area contributed by atoms with Crippen LogP contribution in [0, 0.1) is 32.9 Å². The molecule has 7 nitrogen and oxygen atoms in total. The maximum atomic E-state index is 6.69. The second-order valence-corrected chi connectivity index (χ2v) is 16.2. The number of para-hydroxylation sites is 1. The number of benzene rings is 6. The zero-order valence-corrected chi connectivity index (χ0v) is 37.4. The van der Waals surface area contributed by atoms with Gasteiger partial charge in [-0.2, -0.15) is 17.2 Å². The van der Waals surface area contributed by atoms with E-state index in [0.29, 0.717) is 24.7 Å². The number of hydrogen-bond donors (Lipinski definition) is 0. The third kappa shape index (κ3) is 8.36. The van der Waals surface area contributed by atoms with Crippen LogP contribution in [0.3, 0.4) is 0 Å². The molecule has 0 aliphatic carbocycles. The van der Waals surface area contributed by atoms with E-state index in [0.717, 1.165) is 83.8 Å². The van der Waals surface area contributed by atoms with Crippen molar-refractivity contribution in [1.29, 1.82) is 0 Å². The summed E-state index contributed by atoms with van der Waals surface area (Å²) in [6.07, 6.45) is 5.74. The van der Waals surface area contributed by atoms with Gasteiger partial charge in [0.15, 0.2) is 0 Å². The number of nitrogens with zero attached hydrogens (tertiary/aromatic N) is 4. The molecule has 0 amide bonds. The Hall–Kier alpha value is -6.43. The predicted molar refractivity (Wildman–Crippen MR) is 240 cm³/mol. The number of ether oxygens (including phenoxy) is 3. The van der Waals surface area contributed by atoms with Crippen LogP contribution in [-0.4, -0.2) is 19.3 Å². The van der Waals surface area contributed by atoms with Crippen molar-refractivity contribution >= 4 is 21.8 Å². The van der Waals surface area contributed by atoms with Crippen LogP contribution >= 0.6 is 0 Å². The normalized spacial score (nSPS) is 11.4. The summed E-state index contributed by atoms with van der Waals surface area (Å²) < 4.78 is 23.9.